The summed E-state index contributed by atoms with van der Waals surface area (Å²) < 4.78 is 15.5. The van der Waals surface area contributed by atoms with Crippen molar-refractivity contribution >= 4 is 23.3 Å². The summed E-state index contributed by atoms with van der Waals surface area (Å²) in [5, 5.41) is 6.79. The van der Waals surface area contributed by atoms with Crippen molar-refractivity contribution in [3.63, 3.8) is 0 Å². The van der Waals surface area contributed by atoms with Crippen LogP contribution in [0.15, 0.2) is 36.7 Å². The maximum atomic E-state index is 12.1. The number of hydrogen-bond donors (Lipinski definition) is 1. The largest absolute Gasteiger partial charge is 0.487 e. The number of benzene rings is 1. The van der Waals surface area contributed by atoms with E-state index in [-0.39, 0.29) is 5.91 Å². The third-order valence-electron chi connectivity index (χ3n) is 3.20. The van der Waals surface area contributed by atoms with Gasteiger partial charge in [0.2, 0.25) is 0 Å². The highest BCUT2D eigenvalue weighted by atomic mass is 32.1. The molecule has 8 heteroatoms. The fourth-order valence-corrected chi connectivity index (χ4v) is 2.48. The lowest BCUT2D eigenvalue weighted by Crippen LogP contribution is -2.11. The van der Waals surface area contributed by atoms with Crippen molar-refractivity contribution in [1.29, 1.82) is 0 Å². The van der Waals surface area contributed by atoms with E-state index in [1.807, 2.05) is 6.92 Å². The lowest BCUT2D eigenvalue weighted by molar-refractivity contribution is 0.102. The Morgan fingerprint density at radius 3 is 2.70 bits per heavy atom. The number of hydrogen-bond acceptors (Lipinski definition) is 6. The molecule has 0 unspecified atom stereocenters. The van der Waals surface area contributed by atoms with Gasteiger partial charge in [-0.2, -0.15) is 13.8 Å². The third-order valence-corrected chi connectivity index (χ3v) is 3.86. The Morgan fingerprint density at radius 1 is 1.30 bits per heavy atom. The normalized spacial score (nSPS) is 10.5. The summed E-state index contributed by atoms with van der Waals surface area (Å²) in [4.78, 5) is 12.1. The van der Waals surface area contributed by atoms with Gasteiger partial charge in [-0.15, -0.1) is 0 Å². The van der Waals surface area contributed by atoms with Gasteiger partial charge in [0.25, 0.3) is 5.91 Å². The first kappa shape index (κ1) is 15.2. The van der Waals surface area contributed by atoms with Crippen LogP contribution in [0.1, 0.15) is 21.7 Å². The van der Waals surface area contributed by atoms with Crippen molar-refractivity contribution in [2.45, 2.75) is 13.5 Å². The molecule has 0 aliphatic heterocycles. The van der Waals surface area contributed by atoms with Crippen LogP contribution < -0.4 is 10.1 Å². The lowest BCUT2D eigenvalue weighted by atomic mass is 10.2. The van der Waals surface area contributed by atoms with Gasteiger partial charge in [0.05, 0.1) is 29.3 Å². The monoisotopic (exact) mass is 329 g/mol. The van der Waals surface area contributed by atoms with Gasteiger partial charge >= 0.3 is 0 Å². The van der Waals surface area contributed by atoms with Gasteiger partial charge in [0.1, 0.15) is 18.1 Å². The van der Waals surface area contributed by atoms with Gasteiger partial charge in [-0.3, -0.25) is 9.48 Å². The summed E-state index contributed by atoms with van der Waals surface area (Å²) in [5.74, 6) is 0.486. The standard InChI is InChI=1S/C15H15N5O2S/c1-10-14(19-23-18-10)9-22-13-5-3-11(4-6-13)15(21)17-12-7-16-20(2)8-12/h3-8H,9H2,1-2H3,(H,17,21). The summed E-state index contributed by atoms with van der Waals surface area (Å²) >= 11 is 1.17. The van der Waals surface area contributed by atoms with Crippen molar-refractivity contribution in [2.24, 2.45) is 7.05 Å². The zero-order valence-electron chi connectivity index (χ0n) is 12.7. The first-order valence-corrected chi connectivity index (χ1v) is 7.66. The Bertz CT molecular complexity index is 809. The van der Waals surface area contributed by atoms with Gasteiger partial charge in [-0.1, -0.05) is 0 Å². The van der Waals surface area contributed by atoms with Crippen LogP contribution in [0.5, 0.6) is 5.75 Å². The molecule has 1 amide bonds. The fraction of sp³-hybridized carbons (Fsp3) is 0.200. The number of ether oxygens (including phenoxy) is 1. The van der Waals surface area contributed by atoms with Crippen molar-refractivity contribution < 1.29 is 9.53 Å². The second-order valence-corrected chi connectivity index (χ2v) is 5.49. The third kappa shape index (κ3) is 3.72. The molecule has 23 heavy (non-hydrogen) atoms. The molecule has 2 aromatic heterocycles. The summed E-state index contributed by atoms with van der Waals surface area (Å²) in [6.45, 7) is 2.26. The zero-order chi connectivity index (χ0) is 16.2. The molecule has 3 aromatic rings. The van der Waals surface area contributed by atoms with Crippen molar-refractivity contribution in [2.75, 3.05) is 5.32 Å². The SMILES string of the molecule is Cc1nsnc1COc1ccc(C(=O)Nc2cnn(C)c2)cc1. The molecular weight excluding hydrogens is 314 g/mol. The quantitative estimate of drug-likeness (QED) is 0.777. The maximum Gasteiger partial charge on any atom is 0.255 e. The topological polar surface area (TPSA) is 81.9 Å². The molecule has 0 spiro atoms. The number of anilines is 1. The number of aryl methyl sites for hydroxylation is 2. The zero-order valence-corrected chi connectivity index (χ0v) is 13.5. The highest BCUT2D eigenvalue weighted by molar-refractivity contribution is 6.99. The van der Waals surface area contributed by atoms with E-state index < -0.39 is 0 Å². The van der Waals surface area contributed by atoms with Crippen LogP contribution in [0.3, 0.4) is 0 Å². The van der Waals surface area contributed by atoms with Gasteiger partial charge in [0, 0.05) is 18.8 Å². The number of aromatic nitrogens is 4. The smallest absolute Gasteiger partial charge is 0.255 e. The van der Waals surface area contributed by atoms with Crippen molar-refractivity contribution in [1.82, 2.24) is 18.5 Å². The van der Waals surface area contributed by atoms with Crippen LogP contribution in [-0.4, -0.2) is 24.4 Å². The number of carbonyl (C=O) groups is 1. The molecular formula is C15H15N5O2S. The highest BCUT2D eigenvalue weighted by Gasteiger charge is 2.08. The Morgan fingerprint density at radius 2 is 2.09 bits per heavy atom. The molecule has 0 atom stereocenters. The minimum atomic E-state index is -0.191. The average Bonchev–Trinajstić information content (AvgIpc) is 3.14. The molecule has 0 saturated carbocycles. The van der Waals surface area contributed by atoms with Crippen molar-refractivity contribution in [3.8, 4) is 5.75 Å². The van der Waals surface area contributed by atoms with Crippen LogP contribution in [0, 0.1) is 6.92 Å². The van der Waals surface area contributed by atoms with E-state index in [0.29, 0.717) is 23.6 Å². The van der Waals surface area contributed by atoms with E-state index >= 15 is 0 Å². The summed E-state index contributed by atoms with van der Waals surface area (Å²) in [7, 11) is 1.79. The Labute approximate surface area is 137 Å². The van der Waals surface area contributed by atoms with Gasteiger partial charge in [-0.05, 0) is 31.2 Å². The summed E-state index contributed by atoms with van der Waals surface area (Å²) in [6.07, 6.45) is 3.33. The molecule has 0 bridgehead atoms. The lowest BCUT2D eigenvalue weighted by Gasteiger charge is -2.06. The minimum absolute atomic E-state index is 0.191. The predicted octanol–water partition coefficient (Wildman–Crippen LogP) is 2.41. The van der Waals surface area contributed by atoms with E-state index in [9.17, 15) is 4.79 Å². The van der Waals surface area contributed by atoms with E-state index in [2.05, 4.69) is 19.2 Å². The first-order valence-electron chi connectivity index (χ1n) is 6.93. The first-order chi connectivity index (χ1) is 11.1. The maximum absolute atomic E-state index is 12.1. The summed E-state index contributed by atoms with van der Waals surface area (Å²) in [5.41, 5.74) is 2.91. The molecule has 0 aliphatic carbocycles. The van der Waals surface area contributed by atoms with Crippen LogP contribution in [-0.2, 0) is 13.7 Å². The number of amides is 1. The molecule has 1 N–H and O–H groups in total. The number of nitrogens with one attached hydrogen (secondary N) is 1. The second-order valence-electron chi connectivity index (χ2n) is 4.97. The van der Waals surface area contributed by atoms with E-state index in [1.54, 1.807) is 48.4 Å². The second kappa shape index (κ2) is 6.57. The Hall–Kier alpha value is -2.74. The minimum Gasteiger partial charge on any atom is -0.487 e. The fourth-order valence-electron chi connectivity index (χ4n) is 1.92. The van der Waals surface area contributed by atoms with Crippen molar-refractivity contribution in [3.05, 3.63) is 53.6 Å². The Kier molecular flexibility index (Phi) is 4.33. The number of rotatable bonds is 5. The van der Waals surface area contributed by atoms with Gasteiger partial charge in [0.15, 0.2) is 0 Å². The van der Waals surface area contributed by atoms with Crippen LogP contribution in [0.2, 0.25) is 0 Å². The van der Waals surface area contributed by atoms with Crippen LogP contribution >= 0.6 is 11.7 Å². The van der Waals surface area contributed by atoms with Crippen LogP contribution in [0.4, 0.5) is 5.69 Å². The van der Waals surface area contributed by atoms with Gasteiger partial charge in [-0.25, -0.2) is 0 Å². The molecule has 3 rings (SSSR count). The van der Waals surface area contributed by atoms with Crippen LogP contribution in [0.25, 0.3) is 0 Å². The molecule has 7 nitrogen and oxygen atoms in total. The average molecular weight is 329 g/mol. The van der Waals surface area contributed by atoms with E-state index in [4.69, 9.17) is 4.74 Å². The molecule has 0 radical (unpaired) electrons. The molecule has 2 heterocycles. The summed E-state index contributed by atoms with van der Waals surface area (Å²) in [6, 6.07) is 6.95. The molecule has 0 fully saturated rings. The number of nitrogens with zero attached hydrogens (tertiary/aromatic N) is 4. The van der Waals surface area contributed by atoms with E-state index in [1.165, 1.54) is 11.7 Å². The molecule has 118 valence electrons. The van der Waals surface area contributed by atoms with E-state index in [0.717, 1.165) is 11.4 Å². The molecule has 0 aliphatic rings. The highest BCUT2D eigenvalue weighted by Crippen LogP contribution is 2.16. The molecule has 0 saturated heterocycles. The molecule has 1 aromatic carbocycles. The Balaban J connectivity index is 1.60. The van der Waals surface area contributed by atoms with Gasteiger partial charge < -0.3 is 10.1 Å². The predicted molar refractivity (Wildman–Crippen MR) is 86.6 cm³/mol. The number of carbonyl (C=O) groups excluding carboxylic acids is 1.